The Morgan fingerprint density at radius 2 is 2.10 bits per heavy atom. The fraction of sp³-hybridized carbons (Fsp3) is 0.400. The van der Waals surface area contributed by atoms with E-state index in [1.54, 1.807) is 11.8 Å². The number of carbonyl (C=O) groups excluding carboxylic acids is 1. The van der Waals surface area contributed by atoms with Gasteiger partial charge in [0, 0.05) is 0 Å². The van der Waals surface area contributed by atoms with Gasteiger partial charge in [-0.15, -0.1) is 10.2 Å². The third kappa shape index (κ3) is 2.82. The van der Waals surface area contributed by atoms with E-state index in [2.05, 4.69) is 22.4 Å². The highest BCUT2D eigenvalue weighted by molar-refractivity contribution is 8.01. The molecule has 0 bridgehead atoms. The van der Waals surface area contributed by atoms with Crippen molar-refractivity contribution in [2.24, 2.45) is 0 Å². The third-order valence-corrected chi connectivity index (χ3v) is 5.72. The van der Waals surface area contributed by atoms with Gasteiger partial charge in [0.15, 0.2) is 4.34 Å². The Kier molecular flexibility index (Phi) is 4.26. The average Bonchev–Trinajstić information content (AvgIpc) is 2.86. The summed E-state index contributed by atoms with van der Waals surface area (Å²) in [6, 6.07) is 10.0. The smallest absolute Gasteiger partial charge is 0.236 e. The van der Waals surface area contributed by atoms with Gasteiger partial charge in [-0.05, 0) is 24.2 Å². The van der Waals surface area contributed by atoms with Gasteiger partial charge in [0.05, 0.1) is 5.41 Å². The van der Waals surface area contributed by atoms with E-state index in [0.29, 0.717) is 5.13 Å². The molecule has 1 amide bonds. The number of hydrogen-bond donors (Lipinski definition) is 1. The molecule has 0 unspecified atom stereocenters. The molecule has 0 saturated heterocycles. The van der Waals surface area contributed by atoms with Crippen LogP contribution in [0.1, 0.15) is 31.7 Å². The monoisotopic (exact) mass is 319 g/mol. The number of rotatable bonds is 5. The second-order valence-corrected chi connectivity index (χ2v) is 7.55. The SMILES string of the molecule is CCSc1nnc(NC(=O)C2(c3ccccc3)CCC2)s1. The van der Waals surface area contributed by atoms with E-state index in [-0.39, 0.29) is 11.3 Å². The molecule has 1 saturated carbocycles. The second-order valence-electron chi connectivity index (χ2n) is 5.06. The van der Waals surface area contributed by atoms with Gasteiger partial charge >= 0.3 is 0 Å². The highest BCUT2D eigenvalue weighted by Crippen LogP contribution is 2.44. The summed E-state index contributed by atoms with van der Waals surface area (Å²) in [7, 11) is 0. The number of nitrogens with zero attached hydrogens (tertiary/aromatic N) is 2. The Morgan fingerprint density at radius 1 is 1.33 bits per heavy atom. The maximum absolute atomic E-state index is 12.7. The highest BCUT2D eigenvalue weighted by Gasteiger charge is 2.45. The lowest BCUT2D eigenvalue weighted by atomic mass is 9.64. The number of thioether (sulfide) groups is 1. The fourth-order valence-electron chi connectivity index (χ4n) is 2.59. The van der Waals surface area contributed by atoms with Gasteiger partial charge in [0.25, 0.3) is 0 Å². The van der Waals surface area contributed by atoms with Crippen molar-refractivity contribution in [3.63, 3.8) is 0 Å². The number of carbonyl (C=O) groups is 1. The second kappa shape index (κ2) is 6.15. The van der Waals surface area contributed by atoms with Crippen molar-refractivity contribution < 1.29 is 4.79 Å². The van der Waals surface area contributed by atoms with Crippen LogP contribution in [0.5, 0.6) is 0 Å². The molecule has 4 nitrogen and oxygen atoms in total. The molecule has 0 spiro atoms. The van der Waals surface area contributed by atoms with E-state index < -0.39 is 0 Å². The Morgan fingerprint density at radius 3 is 2.71 bits per heavy atom. The highest BCUT2D eigenvalue weighted by atomic mass is 32.2. The zero-order valence-electron chi connectivity index (χ0n) is 11.8. The maximum Gasteiger partial charge on any atom is 0.236 e. The maximum atomic E-state index is 12.7. The van der Waals surface area contributed by atoms with Crippen LogP contribution >= 0.6 is 23.1 Å². The molecule has 0 radical (unpaired) electrons. The van der Waals surface area contributed by atoms with Crippen LogP contribution in [0, 0.1) is 0 Å². The largest absolute Gasteiger partial charge is 0.300 e. The van der Waals surface area contributed by atoms with Crippen LogP contribution in [-0.4, -0.2) is 21.9 Å². The Hall–Kier alpha value is -1.40. The van der Waals surface area contributed by atoms with Gasteiger partial charge in [-0.1, -0.05) is 66.8 Å². The summed E-state index contributed by atoms with van der Waals surface area (Å²) < 4.78 is 0.898. The van der Waals surface area contributed by atoms with Crippen LogP contribution in [0.25, 0.3) is 0 Å². The van der Waals surface area contributed by atoms with Crippen molar-refractivity contribution in [1.29, 1.82) is 0 Å². The molecule has 1 heterocycles. The minimum atomic E-state index is -0.384. The van der Waals surface area contributed by atoms with E-state index in [1.165, 1.54) is 11.3 Å². The van der Waals surface area contributed by atoms with Gasteiger partial charge in [0.1, 0.15) is 0 Å². The lowest BCUT2D eigenvalue weighted by Gasteiger charge is -2.40. The first-order valence-corrected chi connectivity index (χ1v) is 8.88. The number of hydrogen-bond acceptors (Lipinski definition) is 5. The van der Waals surface area contributed by atoms with Crippen molar-refractivity contribution in [2.45, 2.75) is 35.9 Å². The number of aromatic nitrogens is 2. The van der Waals surface area contributed by atoms with Crippen LogP contribution in [0.2, 0.25) is 0 Å². The molecule has 110 valence electrons. The number of amides is 1. The summed E-state index contributed by atoms with van der Waals surface area (Å²) in [5.41, 5.74) is 0.715. The van der Waals surface area contributed by atoms with E-state index >= 15 is 0 Å². The predicted octanol–water partition coefficient (Wildman–Crippen LogP) is 3.71. The normalized spacial score (nSPS) is 16.2. The molecule has 1 aliphatic carbocycles. The lowest BCUT2D eigenvalue weighted by molar-refractivity contribution is -0.124. The topological polar surface area (TPSA) is 54.9 Å². The van der Waals surface area contributed by atoms with Crippen LogP contribution in [0.3, 0.4) is 0 Å². The summed E-state index contributed by atoms with van der Waals surface area (Å²) in [5.74, 6) is 1.00. The van der Waals surface area contributed by atoms with Crippen LogP contribution < -0.4 is 5.32 Å². The van der Waals surface area contributed by atoms with Gasteiger partial charge in [-0.25, -0.2) is 0 Å². The van der Waals surface area contributed by atoms with Crippen LogP contribution in [0.15, 0.2) is 34.7 Å². The summed E-state index contributed by atoms with van der Waals surface area (Å²) in [4.78, 5) is 12.7. The van der Waals surface area contributed by atoms with Gasteiger partial charge in [-0.2, -0.15) is 0 Å². The minimum Gasteiger partial charge on any atom is -0.300 e. The number of benzene rings is 1. The molecule has 1 N–H and O–H groups in total. The summed E-state index contributed by atoms with van der Waals surface area (Å²) in [6.45, 7) is 2.07. The minimum absolute atomic E-state index is 0.0455. The molecule has 1 fully saturated rings. The van der Waals surface area contributed by atoms with Gasteiger partial charge in [-0.3, -0.25) is 10.1 Å². The quantitative estimate of drug-likeness (QED) is 0.674. The summed E-state index contributed by atoms with van der Waals surface area (Å²) in [5, 5.41) is 11.7. The molecule has 2 aromatic rings. The zero-order chi connectivity index (χ0) is 14.7. The first-order chi connectivity index (χ1) is 10.2. The summed E-state index contributed by atoms with van der Waals surface area (Å²) in [6.07, 6.45) is 2.89. The molecular weight excluding hydrogens is 302 g/mol. The van der Waals surface area contributed by atoms with E-state index in [4.69, 9.17) is 0 Å². The fourth-order valence-corrected chi connectivity index (χ4v) is 4.24. The number of nitrogens with one attached hydrogen (secondary N) is 1. The first-order valence-electron chi connectivity index (χ1n) is 7.08. The van der Waals surface area contributed by atoms with E-state index in [1.807, 2.05) is 30.3 Å². The molecule has 1 aromatic heterocycles. The first kappa shape index (κ1) is 14.5. The zero-order valence-corrected chi connectivity index (χ0v) is 13.5. The van der Waals surface area contributed by atoms with Crippen LogP contribution in [0.4, 0.5) is 5.13 Å². The molecule has 1 aromatic carbocycles. The van der Waals surface area contributed by atoms with Crippen LogP contribution in [-0.2, 0) is 10.2 Å². The Labute approximate surface area is 132 Å². The van der Waals surface area contributed by atoms with Crippen molar-refractivity contribution in [1.82, 2.24) is 10.2 Å². The molecule has 6 heteroatoms. The lowest BCUT2D eigenvalue weighted by Crippen LogP contribution is -2.45. The Balaban J connectivity index is 1.77. The van der Waals surface area contributed by atoms with Gasteiger partial charge < -0.3 is 0 Å². The average molecular weight is 319 g/mol. The molecular formula is C15H17N3OS2. The van der Waals surface area contributed by atoms with E-state index in [0.717, 1.165) is 34.9 Å². The third-order valence-electron chi connectivity index (χ3n) is 3.86. The molecule has 1 aliphatic rings. The Bertz CT molecular complexity index is 623. The van der Waals surface area contributed by atoms with Gasteiger partial charge in [0.2, 0.25) is 11.0 Å². The van der Waals surface area contributed by atoms with E-state index in [9.17, 15) is 4.79 Å². The molecule has 21 heavy (non-hydrogen) atoms. The molecule has 3 rings (SSSR count). The van der Waals surface area contributed by atoms with Crippen molar-refractivity contribution in [2.75, 3.05) is 11.1 Å². The van der Waals surface area contributed by atoms with Crippen molar-refractivity contribution in [3.8, 4) is 0 Å². The van der Waals surface area contributed by atoms with Crippen molar-refractivity contribution in [3.05, 3.63) is 35.9 Å². The molecule has 0 aliphatic heterocycles. The van der Waals surface area contributed by atoms with Crippen molar-refractivity contribution >= 4 is 34.1 Å². The molecule has 0 atom stereocenters. The summed E-state index contributed by atoms with van der Waals surface area (Å²) >= 11 is 3.08. The standard InChI is InChI=1S/C15H17N3OS2/c1-2-20-14-18-17-13(21-14)16-12(19)15(9-6-10-15)11-7-4-3-5-8-11/h3-5,7-8H,2,6,9-10H2,1H3,(H,16,17,19). The number of anilines is 1. The predicted molar refractivity (Wildman–Crippen MR) is 86.9 cm³/mol.